The normalized spacial score (nSPS) is 32.8. The SMILES string of the molecule is C=CC(NC)C1(C)CCCCO1. The van der Waals surface area contributed by atoms with E-state index in [4.69, 9.17) is 4.74 Å². The van der Waals surface area contributed by atoms with Crippen molar-refractivity contribution in [2.24, 2.45) is 0 Å². The van der Waals surface area contributed by atoms with E-state index in [1.807, 2.05) is 13.1 Å². The van der Waals surface area contributed by atoms with Crippen LogP contribution in [0.2, 0.25) is 0 Å². The second kappa shape index (κ2) is 4.06. The highest BCUT2D eigenvalue weighted by Gasteiger charge is 2.33. The van der Waals surface area contributed by atoms with Crippen molar-refractivity contribution >= 4 is 0 Å². The second-order valence-electron chi connectivity index (χ2n) is 3.62. The molecule has 1 rings (SSSR count). The van der Waals surface area contributed by atoms with E-state index in [-0.39, 0.29) is 11.6 Å². The lowest BCUT2D eigenvalue weighted by molar-refractivity contribution is -0.0775. The number of ether oxygens (including phenoxy) is 1. The van der Waals surface area contributed by atoms with E-state index in [1.54, 1.807) is 0 Å². The van der Waals surface area contributed by atoms with Gasteiger partial charge in [0.2, 0.25) is 0 Å². The molecule has 0 spiro atoms. The Morgan fingerprint density at radius 3 is 2.75 bits per heavy atom. The van der Waals surface area contributed by atoms with Crippen LogP contribution in [-0.4, -0.2) is 25.3 Å². The molecule has 0 aromatic heterocycles. The summed E-state index contributed by atoms with van der Waals surface area (Å²) in [5.74, 6) is 0. The fourth-order valence-corrected chi connectivity index (χ4v) is 1.87. The van der Waals surface area contributed by atoms with Gasteiger partial charge in [-0.1, -0.05) is 6.08 Å². The molecule has 2 nitrogen and oxygen atoms in total. The minimum Gasteiger partial charge on any atom is -0.373 e. The predicted molar refractivity (Wildman–Crippen MR) is 51.3 cm³/mol. The molecule has 1 aliphatic heterocycles. The van der Waals surface area contributed by atoms with Crippen molar-refractivity contribution in [3.05, 3.63) is 12.7 Å². The zero-order valence-corrected chi connectivity index (χ0v) is 8.10. The zero-order valence-electron chi connectivity index (χ0n) is 8.10. The fourth-order valence-electron chi connectivity index (χ4n) is 1.87. The molecule has 12 heavy (non-hydrogen) atoms. The van der Waals surface area contributed by atoms with Gasteiger partial charge in [0, 0.05) is 6.61 Å². The summed E-state index contributed by atoms with van der Waals surface area (Å²) in [5.41, 5.74) is -0.0330. The van der Waals surface area contributed by atoms with Crippen molar-refractivity contribution in [1.29, 1.82) is 0 Å². The minimum atomic E-state index is -0.0330. The molecule has 0 amide bonds. The Balaban J connectivity index is 2.59. The molecule has 2 atom stereocenters. The summed E-state index contributed by atoms with van der Waals surface area (Å²) in [4.78, 5) is 0. The monoisotopic (exact) mass is 169 g/mol. The quantitative estimate of drug-likeness (QED) is 0.649. The van der Waals surface area contributed by atoms with Gasteiger partial charge in [0.15, 0.2) is 0 Å². The van der Waals surface area contributed by atoms with Crippen LogP contribution in [0.5, 0.6) is 0 Å². The molecule has 0 aliphatic carbocycles. The number of nitrogens with one attached hydrogen (secondary N) is 1. The van der Waals surface area contributed by atoms with Gasteiger partial charge in [-0.05, 0) is 33.2 Å². The molecule has 1 heterocycles. The lowest BCUT2D eigenvalue weighted by atomic mass is 9.88. The number of rotatable bonds is 3. The van der Waals surface area contributed by atoms with Crippen molar-refractivity contribution < 1.29 is 4.74 Å². The Hall–Kier alpha value is -0.340. The van der Waals surface area contributed by atoms with E-state index >= 15 is 0 Å². The van der Waals surface area contributed by atoms with Crippen LogP contribution in [0, 0.1) is 0 Å². The maximum absolute atomic E-state index is 5.78. The molecule has 0 aromatic rings. The topological polar surface area (TPSA) is 21.3 Å². The van der Waals surface area contributed by atoms with Crippen molar-refractivity contribution in [2.75, 3.05) is 13.7 Å². The standard InChI is InChI=1S/C10H19NO/c1-4-9(11-3)10(2)7-5-6-8-12-10/h4,9,11H,1,5-8H2,2-3H3. The molecular weight excluding hydrogens is 150 g/mol. The van der Waals surface area contributed by atoms with Crippen LogP contribution >= 0.6 is 0 Å². The van der Waals surface area contributed by atoms with Crippen molar-refractivity contribution in [1.82, 2.24) is 5.32 Å². The fraction of sp³-hybridized carbons (Fsp3) is 0.800. The Labute approximate surface area is 75.0 Å². The highest BCUT2D eigenvalue weighted by Crippen LogP contribution is 2.27. The smallest absolute Gasteiger partial charge is 0.0842 e. The first kappa shape index (κ1) is 9.75. The molecule has 0 radical (unpaired) electrons. The molecule has 1 fully saturated rings. The van der Waals surface area contributed by atoms with Gasteiger partial charge < -0.3 is 10.1 Å². The molecule has 1 aliphatic rings. The zero-order chi connectivity index (χ0) is 9.03. The van der Waals surface area contributed by atoms with Crippen LogP contribution in [0.4, 0.5) is 0 Å². The first-order valence-electron chi connectivity index (χ1n) is 4.67. The summed E-state index contributed by atoms with van der Waals surface area (Å²) < 4.78 is 5.78. The summed E-state index contributed by atoms with van der Waals surface area (Å²) in [5, 5.41) is 3.22. The Bertz CT molecular complexity index is 150. The van der Waals surface area contributed by atoms with Gasteiger partial charge in [0.1, 0.15) is 0 Å². The molecule has 1 saturated heterocycles. The van der Waals surface area contributed by atoms with Crippen molar-refractivity contribution in [2.45, 2.75) is 37.8 Å². The van der Waals surface area contributed by atoms with Gasteiger partial charge in [-0.2, -0.15) is 0 Å². The van der Waals surface area contributed by atoms with E-state index in [9.17, 15) is 0 Å². The Morgan fingerprint density at radius 2 is 2.33 bits per heavy atom. The lowest BCUT2D eigenvalue weighted by Gasteiger charge is -2.39. The highest BCUT2D eigenvalue weighted by molar-refractivity contribution is 5.00. The average molecular weight is 169 g/mol. The number of likely N-dealkylation sites (N-methyl/N-ethyl adjacent to an activating group) is 1. The summed E-state index contributed by atoms with van der Waals surface area (Å²) in [6.45, 7) is 6.86. The van der Waals surface area contributed by atoms with E-state index in [2.05, 4.69) is 18.8 Å². The van der Waals surface area contributed by atoms with Crippen LogP contribution in [0.3, 0.4) is 0 Å². The van der Waals surface area contributed by atoms with Gasteiger partial charge in [-0.25, -0.2) is 0 Å². The molecule has 2 heteroatoms. The molecule has 0 bridgehead atoms. The van der Waals surface area contributed by atoms with E-state index < -0.39 is 0 Å². The highest BCUT2D eigenvalue weighted by atomic mass is 16.5. The first-order valence-corrected chi connectivity index (χ1v) is 4.67. The minimum absolute atomic E-state index is 0.0330. The third-order valence-electron chi connectivity index (χ3n) is 2.70. The van der Waals surface area contributed by atoms with Gasteiger partial charge in [0.25, 0.3) is 0 Å². The maximum Gasteiger partial charge on any atom is 0.0842 e. The Kier molecular flexibility index (Phi) is 3.29. The molecular formula is C10H19NO. The lowest BCUT2D eigenvalue weighted by Crippen LogP contribution is -2.49. The summed E-state index contributed by atoms with van der Waals surface area (Å²) in [7, 11) is 1.95. The average Bonchev–Trinajstić information content (AvgIpc) is 2.07. The van der Waals surface area contributed by atoms with E-state index in [0.29, 0.717) is 0 Å². The number of hydrogen-bond donors (Lipinski definition) is 1. The molecule has 70 valence electrons. The van der Waals surface area contributed by atoms with E-state index in [1.165, 1.54) is 12.8 Å². The van der Waals surface area contributed by atoms with Gasteiger partial charge >= 0.3 is 0 Å². The van der Waals surface area contributed by atoms with Crippen molar-refractivity contribution in [3.8, 4) is 0 Å². The van der Waals surface area contributed by atoms with Gasteiger partial charge in [-0.3, -0.25) is 0 Å². The maximum atomic E-state index is 5.78. The van der Waals surface area contributed by atoms with E-state index in [0.717, 1.165) is 13.0 Å². The summed E-state index contributed by atoms with van der Waals surface area (Å²) >= 11 is 0. The van der Waals surface area contributed by atoms with Gasteiger partial charge in [0.05, 0.1) is 11.6 Å². The van der Waals surface area contributed by atoms with Crippen molar-refractivity contribution in [3.63, 3.8) is 0 Å². The number of hydrogen-bond acceptors (Lipinski definition) is 2. The van der Waals surface area contributed by atoms with Crippen LogP contribution in [0.25, 0.3) is 0 Å². The van der Waals surface area contributed by atoms with Crippen LogP contribution in [-0.2, 0) is 4.74 Å². The molecule has 0 aromatic carbocycles. The Morgan fingerprint density at radius 1 is 1.58 bits per heavy atom. The third-order valence-corrected chi connectivity index (χ3v) is 2.70. The largest absolute Gasteiger partial charge is 0.373 e. The summed E-state index contributed by atoms with van der Waals surface area (Å²) in [6, 6.07) is 0.276. The van der Waals surface area contributed by atoms with Crippen LogP contribution < -0.4 is 5.32 Å². The van der Waals surface area contributed by atoms with Gasteiger partial charge in [-0.15, -0.1) is 6.58 Å². The second-order valence-corrected chi connectivity index (χ2v) is 3.62. The third kappa shape index (κ3) is 1.87. The molecule has 2 unspecified atom stereocenters. The van der Waals surface area contributed by atoms with Crippen LogP contribution in [0.1, 0.15) is 26.2 Å². The summed E-state index contributed by atoms with van der Waals surface area (Å²) in [6.07, 6.45) is 5.53. The first-order chi connectivity index (χ1) is 5.73. The predicted octanol–water partition coefficient (Wildman–Crippen LogP) is 1.72. The molecule has 0 saturated carbocycles. The van der Waals surface area contributed by atoms with Crippen LogP contribution in [0.15, 0.2) is 12.7 Å². The molecule has 1 N–H and O–H groups in total.